The van der Waals surface area contributed by atoms with E-state index in [9.17, 15) is 9.59 Å². The summed E-state index contributed by atoms with van der Waals surface area (Å²) in [5.41, 5.74) is 2.74. The van der Waals surface area contributed by atoms with Gasteiger partial charge in [0.15, 0.2) is 0 Å². The van der Waals surface area contributed by atoms with Crippen LogP contribution in [0.4, 0.5) is 0 Å². The first-order valence-electron chi connectivity index (χ1n) is 5.97. The summed E-state index contributed by atoms with van der Waals surface area (Å²) in [5.74, 6) is -0.703. The molecule has 1 aromatic carbocycles. The Morgan fingerprint density at radius 1 is 0.947 bits per heavy atom. The molecule has 0 amide bonds. The van der Waals surface area contributed by atoms with Gasteiger partial charge in [-0.15, -0.1) is 0 Å². The molecule has 0 unspecified atom stereocenters. The van der Waals surface area contributed by atoms with Gasteiger partial charge in [0.05, 0.1) is 12.8 Å². The van der Waals surface area contributed by atoms with Gasteiger partial charge in [-0.3, -0.25) is 9.59 Å². The van der Waals surface area contributed by atoms with Gasteiger partial charge in [-0.25, -0.2) is 0 Å². The fraction of sp³-hybridized carbons (Fsp3) is 0.429. The van der Waals surface area contributed by atoms with Crippen molar-refractivity contribution in [2.45, 2.75) is 26.7 Å². The first kappa shape index (κ1) is 17.5. The Bertz CT molecular complexity index is 367. The van der Waals surface area contributed by atoms with Crippen LogP contribution >= 0.6 is 11.8 Å². The molecule has 0 saturated heterocycles. The summed E-state index contributed by atoms with van der Waals surface area (Å²) >= 11 is 1.35. The number of hydrogen-bond acceptors (Lipinski definition) is 3. The van der Waals surface area contributed by atoms with E-state index in [4.69, 9.17) is 10.2 Å². The summed E-state index contributed by atoms with van der Waals surface area (Å²) in [6.45, 7) is 4.24. The van der Waals surface area contributed by atoms with Crippen molar-refractivity contribution in [3.05, 3.63) is 35.4 Å². The van der Waals surface area contributed by atoms with Gasteiger partial charge in [0.1, 0.15) is 0 Å². The van der Waals surface area contributed by atoms with Gasteiger partial charge >= 0.3 is 11.9 Å². The molecule has 0 saturated carbocycles. The lowest BCUT2D eigenvalue weighted by Crippen LogP contribution is -1.99. The second kappa shape index (κ2) is 10.4. The number of thioether (sulfide) groups is 1. The van der Waals surface area contributed by atoms with Crippen LogP contribution in [0.1, 0.15) is 24.0 Å². The van der Waals surface area contributed by atoms with Crippen LogP contribution in [0.5, 0.6) is 0 Å². The van der Waals surface area contributed by atoms with Crippen LogP contribution in [0.25, 0.3) is 0 Å². The van der Waals surface area contributed by atoms with E-state index in [1.54, 1.807) is 0 Å². The zero-order valence-electron chi connectivity index (χ0n) is 11.3. The van der Waals surface area contributed by atoms with Gasteiger partial charge in [-0.2, -0.15) is 11.8 Å². The molecule has 0 aliphatic heterocycles. The lowest BCUT2D eigenvalue weighted by molar-refractivity contribution is -0.137. The Morgan fingerprint density at radius 2 is 1.32 bits per heavy atom. The second-order valence-corrected chi connectivity index (χ2v) is 5.21. The van der Waals surface area contributed by atoms with Crippen molar-refractivity contribution in [3.8, 4) is 0 Å². The highest BCUT2D eigenvalue weighted by molar-refractivity contribution is 7.99. The van der Waals surface area contributed by atoms with Gasteiger partial charge in [0.25, 0.3) is 0 Å². The maximum atomic E-state index is 9.97. The summed E-state index contributed by atoms with van der Waals surface area (Å²) in [5, 5.41) is 16.4. The van der Waals surface area contributed by atoms with Crippen molar-refractivity contribution in [1.82, 2.24) is 0 Å². The topological polar surface area (TPSA) is 74.6 Å². The summed E-state index contributed by atoms with van der Waals surface area (Å²) in [4.78, 5) is 19.9. The number of rotatable bonds is 6. The van der Waals surface area contributed by atoms with Gasteiger partial charge in [-0.05, 0) is 25.0 Å². The number of aliphatic carboxylic acids is 2. The molecular weight excluding hydrogens is 264 g/mol. The van der Waals surface area contributed by atoms with Crippen molar-refractivity contribution >= 4 is 23.7 Å². The minimum atomic E-state index is -0.840. The van der Waals surface area contributed by atoms with E-state index in [0.29, 0.717) is 11.5 Å². The molecule has 4 nitrogen and oxygen atoms in total. The van der Waals surface area contributed by atoms with E-state index in [1.807, 2.05) is 0 Å². The minimum absolute atomic E-state index is 0.101. The highest BCUT2D eigenvalue weighted by Crippen LogP contribution is 2.04. The Labute approximate surface area is 117 Å². The predicted molar refractivity (Wildman–Crippen MR) is 77.7 cm³/mol. The summed E-state index contributed by atoms with van der Waals surface area (Å²) in [6.07, 6.45) is 0.203. The molecule has 0 aliphatic rings. The van der Waals surface area contributed by atoms with Crippen LogP contribution in [0, 0.1) is 13.8 Å². The van der Waals surface area contributed by atoms with E-state index in [0.717, 1.165) is 0 Å². The molecule has 5 heteroatoms. The number of benzene rings is 1. The van der Waals surface area contributed by atoms with Crippen molar-refractivity contribution in [2.75, 3.05) is 11.5 Å². The molecule has 106 valence electrons. The van der Waals surface area contributed by atoms with Crippen molar-refractivity contribution in [3.63, 3.8) is 0 Å². The van der Waals surface area contributed by atoms with Gasteiger partial charge < -0.3 is 10.2 Å². The van der Waals surface area contributed by atoms with E-state index in [-0.39, 0.29) is 12.8 Å². The van der Waals surface area contributed by atoms with Crippen molar-refractivity contribution < 1.29 is 19.8 Å². The zero-order chi connectivity index (χ0) is 14.7. The molecule has 0 radical (unpaired) electrons. The SMILES string of the molecule is Cc1ccccc1C.O=C(O)CCSCCC(=O)O. The summed E-state index contributed by atoms with van der Waals surface area (Å²) in [6, 6.07) is 8.36. The van der Waals surface area contributed by atoms with E-state index in [2.05, 4.69) is 38.1 Å². The molecule has 1 rings (SSSR count). The highest BCUT2D eigenvalue weighted by Gasteiger charge is 1.98. The fourth-order valence-corrected chi connectivity index (χ4v) is 1.93. The number of carboxylic acids is 2. The third-order valence-corrected chi connectivity index (χ3v) is 3.33. The second-order valence-electron chi connectivity index (χ2n) is 3.98. The summed E-state index contributed by atoms with van der Waals surface area (Å²) in [7, 11) is 0. The van der Waals surface area contributed by atoms with Crippen LogP contribution in [-0.2, 0) is 9.59 Å². The first-order chi connectivity index (χ1) is 8.93. The normalized spacial score (nSPS) is 9.37. The molecular formula is C14H20O4S. The smallest absolute Gasteiger partial charge is 0.304 e. The molecule has 0 bridgehead atoms. The van der Waals surface area contributed by atoms with Gasteiger partial charge in [-0.1, -0.05) is 24.3 Å². The quantitative estimate of drug-likeness (QED) is 0.785. The standard InChI is InChI=1S/C8H10.C6H10O4S/c1-7-5-3-4-6-8(7)2;7-5(8)1-3-11-4-2-6(9)10/h3-6H,1-2H3;1-4H2,(H,7,8)(H,9,10). The lowest BCUT2D eigenvalue weighted by Gasteiger charge is -1.94. The minimum Gasteiger partial charge on any atom is -0.481 e. The molecule has 0 aromatic heterocycles. The number of carboxylic acid groups (broad SMARTS) is 2. The van der Waals surface area contributed by atoms with E-state index in [1.165, 1.54) is 22.9 Å². The Morgan fingerprint density at radius 3 is 1.58 bits per heavy atom. The Balaban J connectivity index is 0.000000356. The van der Waals surface area contributed by atoms with Crippen LogP contribution in [0.3, 0.4) is 0 Å². The average molecular weight is 284 g/mol. The Kier molecular flexibility index (Phi) is 9.62. The molecule has 19 heavy (non-hydrogen) atoms. The zero-order valence-corrected chi connectivity index (χ0v) is 12.1. The molecule has 2 N–H and O–H groups in total. The van der Waals surface area contributed by atoms with Crippen LogP contribution in [0.2, 0.25) is 0 Å². The van der Waals surface area contributed by atoms with E-state index < -0.39 is 11.9 Å². The third kappa shape index (κ3) is 11.3. The van der Waals surface area contributed by atoms with Gasteiger partial charge in [0, 0.05) is 11.5 Å². The molecule has 0 heterocycles. The monoisotopic (exact) mass is 284 g/mol. The van der Waals surface area contributed by atoms with Crippen LogP contribution in [0.15, 0.2) is 24.3 Å². The number of carbonyl (C=O) groups is 2. The number of aryl methyl sites for hydroxylation is 2. The highest BCUT2D eigenvalue weighted by atomic mass is 32.2. The third-order valence-electron chi connectivity index (χ3n) is 2.35. The van der Waals surface area contributed by atoms with E-state index >= 15 is 0 Å². The maximum absolute atomic E-state index is 9.97. The van der Waals surface area contributed by atoms with Gasteiger partial charge in [0.2, 0.25) is 0 Å². The summed E-state index contributed by atoms with van der Waals surface area (Å²) < 4.78 is 0. The van der Waals surface area contributed by atoms with Crippen molar-refractivity contribution in [2.24, 2.45) is 0 Å². The first-order valence-corrected chi connectivity index (χ1v) is 7.12. The van der Waals surface area contributed by atoms with Crippen LogP contribution in [-0.4, -0.2) is 33.7 Å². The Hall–Kier alpha value is -1.49. The van der Waals surface area contributed by atoms with Crippen molar-refractivity contribution in [1.29, 1.82) is 0 Å². The molecule has 0 aliphatic carbocycles. The lowest BCUT2D eigenvalue weighted by atomic mass is 10.1. The predicted octanol–water partition coefficient (Wildman–Crippen LogP) is 2.97. The maximum Gasteiger partial charge on any atom is 0.304 e. The average Bonchev–Trinajstić information content (AvgIpc) is 2.32. The molecule has 0 fully saturated rings. The molecule has 0 atom stereocenters. The largest absolute Gasteiger partial charge is 0.481 e. The molecule has 1 aromatic rings. The fourth-order valence-electron chi connectivity index (χ4n) is 1.08. The number of hydrogen-bond donors (Lipinski definition) is 2. The molecule has 0 spiro atoms. The van der Waals surface area contributed by atoms with Crippen LogP contribution < -0.4 is 0 Å².